The van der Waals surface area contributed by atoms with Crippen molar-refractivity contribution in [1.82, 2.24) is 3.96 Å². The van der Waals surface area contributed by atoms with Crippen molar-refractivity contribution in [2.45, 2.75) is 52.0 Å². The van der Waals surface area contributed by atoms with Crippen molar-refractivity contribution in [3.63, 3.8) is 0 Å². The second-order valence-electron chi connectivity index (χ2n) is 9.00. The molecule has 1 saturated heterocycles. The molecule has 1 fully saturated rings. The summed E-state index contributed by atoms with van der Waals surface area (Å²) < 4.78 is 1.86. The van der Waals surface area contributed by atoms with E-state index in [1.54, 1.807) is 0 Å². The molecule has 0 saturated carbocycles. The molecule has 1 aromatic heterocycles. The Morgan fingerprint density at radius 3 is 2.10 bits per heavy atom. The Morgan fingerprint density at radius 2 is 1.50 bits per heavy atom. The summed E-state index contributed by atoms with van der Waals surface area (Å²) in [6, 6.07) is 18.7. The van der Waals surface area contributed by atoms with Gasteiger partial charge in [0.2, 0.25) is 0 Å². The fourth-order valence-electron chi connectivity index (χ4n) is 3.94. The highest BCUT2D eigenvalue weighted by Gasteiger charge is 2.24. The molecule has 0 atom stereocenters. The Bertz CT molecular complexity index is 1020. The fraction of sp³-hybridized carbons (Fsp3) is 0.400. The van der Waals surface area contributed by atoms with Crippen LogP contribution in [0.4, 0.5) is 17.1 Å². The number of anilines is 3. The lowest BCUT2D eigenvalue weighted by atomic mass is 10.1. The van der Waals surface area contributed by atoms with Crippen LogP contribution in [-0.4, -0.2) is 17.0 Å². The van der Waals surface area contributed by atoms with Gasteiger partial charge in [0.25, 0.3) is 5.56 Å². The van der Waals surface area contributed by atoms with E-state index in [1.807, 2.05) is 22.2 Å². The van der Waals surface area contributed by atoms with Gasteiger partial charge in [0.15, 0.2) is 0 Å². The number of aromatic nitrogens is 1. The van der Waals surface area contributed by atoms with Crippen LogP contribution in [0, 0.1) is 0 Å². The molecule has 4 rings (SSSR count). The lowest BCUT2D eigenvalue weighted by molar-refractivity contribution is 0.420. The molecule has 1 aliphatic rings. The van der Waals surface area contributed by atoms with Crippen molar-refractivity contribution in [3.05, 3.63) is 65.0 Å². The van der Waals surface area contributed by atoms with Gasteiger partial charge in [-0.3, -0.25) is 8.75 Å². The van der Waals surface area contributed by atoms with Crippen LogP contribution in [0.25, 0.3) is 10.4 Å². The number of nitrogens with zero attached hydrogens (tertiary/aromatic N) is 2. The Hall–Kier alpha value is -2.53. The lowest BCUT2D eigenvalue weighted by Gasteiger charge is -2.22. The number of hydrogen-bond donors (Lipinski definition) is 1. The summed E-state index contributed by atoms with van der Waals surface area (Å²) in [5.74, 6) is 0. The summed E-state index contributed by atoms with van der Waals surface area (Å²) >= 11 is 1.53. The summed E-state index contributed by atoms with van der Waals surface area (Å²) in [6.07, 6.45) is 5.19. The van der Waals surface area contributed by atoms with Gasteiger partial charge in [-0.2, -0.15) is 0 Å². The standard InChI is InChI=1S/C25H31N3OS/c1-25(2,3)28-24(29)22(23(30-28)19-11-7-6-8-12-19)26-20-13-15-21(16-14-20)27-17-9-4-5-10-18-27/h6-8,11-16,26H,4-5,9-10,17-18H2,1-3H3. The minimum absolute atomic E-state index is 0.0305. The highest BCUT2D eigenvalue weighted by Crippen LogP contribution is 2.35. The zero-order chi connectivity index (χ0) is 21.1. The Morgan fingerprint density at radius 1 is 0.867 bits per heavy atom. The third-order valence-corrected chi connectivity index (χ3v) is 7.08. The number of rotatable bonds is 4. The summed E-state index contributed by atoms with van der Waals surface area (Å²) in [5, 5.41) is 3.43. The minimum Gasteiger partial charge on any atom is -0.372 e. The minimum atomic E-state index is -0.262. The van der Waals surface area contributed by atoms with Gasteiger partial charge in [-0.25, -0.2) is 0 Å². The normalized spacial score (nSPS) is 15.1. The van der Waals surface area contributed by atoms with E-state index in [2.05, 4.69) is 67.4 Å². The predicted octanol–water partition coefficient (Wildman–Crippen LogP) is 6.46. The molecule has 0 bridgehead atoms. The van der Waals surface area contributed by atoms with Gasteiger partial charge in [-0.1, -0.05) is 54.7 Å². The molecule has 1 aliphatic heterocycles. The van der Waals surface area contributed by atoms with Crippen LogP contribution in [0.3, 0.4) is 0 Å². The van der Waals surface area contributed by atoms with Gasteiger partial charge >= 0.3 is 0 Å². The van der Waals surface area contributed by atoms with Crippen LogP contribution < -0.4 is 15.8 Å². The van der Waals surface area contributed by atoms with E-state index < -0.39 is 0 Å². The summed E-state index contributed by atoms with van der Waals surface area (Å²) in [7, 11) is 0. The Balaban J connectivity index is 1.65. The maximum Gasteiger partial charge on any atom is 0.285 e. The first-order chi connectivity index (χ1) is 14.4. The van der Waals surface area contributed by atoms with E-state index in [-0.39, 0.29) is 11.1 Å². The first-order valence-corrected chi connectivity index (χ1v) is 11.6. The molecule has 2 heterocycles. The van der Waals surface area contributed by atoms with Crippen LogP contribution in [0.5, 0.6) is 0 Å². The molecular formula is C25H31N3OS. The van der Waals surface area contributed by atoms with E-state index in [0.717, 1.165) is 29.2 Å². The topological polar surface area (TPSA) is 37.3 Å². The average Bonchev–Trinajstić information content (AvgIpc) is 2.91. The predicted molar refractivity (Wildman–Crippen MR) is 129 cm³/mol. The number of hydrogen-bond acceptors (Lipinski definition) is 4. The van der Waals surface area contributed by atoms with Crippen LogP contribution in [0.15, 0.2) is 59.4 Å². The van der Waals surface area contributed by atoms with Crippen LogP contribution in [-0.2, 0) is 5.54 Å². The molecule has 0 aliphatic carbocycles. The van der Waals surface area contributed by atoms with E-state index >= 15 is 0 Å². The molecule has 4 nitrogen and oxygen atoms in total. The first-order valence-electron chi connectivity index (χ1n) is 10.9. The van der Waals surface area contributed by atoms with Gasteiger partial charge in [0.05, 0.1) is 10.4 Å². The van der Waals surface area contributed by atoms with Crippen molar-refractivity contribution < 1.29 is 0 Å². The molecular weight excluding hydrogens is 390 g/mol. The summed E-state index contributed by atoms with van der Waals surface area (Å²) in [6.45, 7) is 8.47. The molecule has 30 heavy (non-hydrogen) atoms. The van der Waals surface area contributed by atoms with E-state index in [4.69, 9.17) is 0 Å². The van der Waals surface area contributed by atoms with Crippen molar-refractivity contribution >= 4 is 28.6 Å². The van der Waals surface area contributed by atoms with Gasteiger partial charge in [-0.15, -0.1) is 0 Å². The molecule has 0 unspecified atom stereocenters. The van der Waals surface area contributed by atoms with Gasteiger partial charge in [0, 0.05) is 24.5 Å². The molecule has 0 radical (unpaired) electrons. The van der Waals surface area contributed by atoms with Crippen molar-refractivity contribution in [2.24, 2.45) is 0 Å². The van der Waals surface area contributed by atoms with Crippen molar-refractivity contribution in [1.29, 1.82) is 0 Å². The van der Waals surface area contributed by atoms with Crippen LogP contribution in [0.1, 0.15) is 46.5 Å². The van der Waals surface area contributed by atoms with E-state index in [9.17, 15) is 4.79 Å². The quantitative estimate of drug-likeness (QED) is 0.525. The first kappa shape index (κ1) is 20.7. The smallest absolute Gasteiger partial charge is 0.285 e. The maximum absolute atomic E-state index is 13.3. The van der Waals surface area contributed by atoms with Crippen molar-refractivity contribution in [2.75, 3.05) is 23.3 Å². The van der Waals surface area contributed by atoms with E-state index in [1.165, 1.54) is 42.9 Å². The summed E-state index contributed by atoms with van der Waals surface area (Å²) in [4.78, 5) is 16.7. The monoisotopic (exact) mass is 421 g/mol. The average molecular weight is 422 g/mol. The van der Waals surface area contributed by atoms with E-state index in [0.29, 0.717) is 5.69 Å². The highest BCUT2D eigenvalue weighted by atomic mass is 32.1. The van der Waals surface area contributed by atoms with Gasteiger partial charge in [-0.05, 0) is 63.4 Å². The lowest BCUT2D eigenvalue weighted by Crippen LogP contribution is -2.29. The number of benzene rings is 2. The zero-order valence-corrected chi connectivity index (χ0v) is 19.0. The summed E-state index contributed by atoms with van der Waals surface area (Å²) in [5.41, 5.74) is 3.70. The molecule has 1 N–H and O–H groups in total. The Kier molecular flexibility index (Phi) is 6.00. The van der Waals surface area contributed by atoms with Gasteiger partial charge in [0.1, 0.15) is 5.69 Å². The molecule has 0 amide bonds. The largest absolute Gasteiger partial charge is 0.372 e. The van der Waals surface area contributed by atoms with Crippen molar-refractivity contribution in [3.8, 4) is 10.4 Å². The molecule has 0 spiro atoms. The molecule has 5 heteroatoms. The molecule has 3 aromatic rings. The third kappa shape index (κ3) is 4.46. The van der Waals surface area contributed by atoms with Crippen LogP contribution >= 0.6 is 11.5 Å². The van der Waals surface area contributed by atoms with Gasteiger partial charge < -0.3 is 10.2 Å². The fourth-order valence-corrected chi connectivity index (χ4v) is 5.05. The third-order valence-electron chi connectivity index (χ3n) is 5.56. The second-order valence-corrected chi connectivity index (χ2v) is 9.96. The SMILES string of the molecule is CC(C)(C)n1sc(-c2ccccc2)c(Nc2ccc(N3CCCCCC3)cc2)c1=O. The Labute approximate surface area is 183 Å². The van der Waals surface area contributed by atoms with Crippen LogP contribution in [0.2, 0.25) is 0 Å². The maximum atomic E-state index is 13.3. The highest BCUT2D eigenvalue weighted by molar-refractivity contribution is 7.11. The molecule has 2 aromatic carbocycles. The molecule has 158 valence electrons. The number of nitrogens with one attached hydrogen (secondary N) is 1. The second kappa shape index (κ2) is 8.68. The zero-order valence-electron chi connectivity index (χ0n) is 18.1.